The molecule has 10 heteroatoms. The lowest BCUT2D eigenvalue weighted by molar-refractivity contribution is -0.122. The zero-order valence-corrected chi connectivity index (χ0v) is 31.8. The molecule has 0 radical (unpaired) electrons. The largest absolute Gasteiger partial charge is 0.388 e. The van der Waals surface area contributed by atoms with E-state index in [1.807, 2.05) is 0 Å². The summed E-state index contributed by atoms with van der Waals surface area (Å²) in [5.74, 6) is 13.0. The van der Waals surface area contributed by atoms with Gasteiger partial charge < -0.3 is 36.0 Å². The van der Waals surface area contributed by atoms with E-state index in [-0.39, 0.29) is 17.7 Å². The maximum Gasteiger partial charge on any atom is 0.221 e. The summed E-state index contributed by atoms with van der Waals surface area (Å²) in [6, 6.07) is 0. The SMILES string of the molecule is C#CCCCCN(CCCCN(CCCN(CCC(=C)NCCC#C)CCC(=O)NCCC#C)CCC(=O)NCCC#C)CCC(=O)NCCC#C. The van der Waals surface area contributed by atoms with Crippen LogP contribution >= 0.6 is 0 Å². The molecule has 0 spiro atoms. The third kappa shape index (κ3) is 30.5. The van der Waals surface area contributed by atoms with E-state index in [9.17, 15) is 14.4 Å². The standard InChI is InChI=1S/C42H65N7O3/c1-7-12-17-18-30-47(36-23-40(50)44-27-14-9-3)31-19-20-32-48(37-24-41(51)45-28-15-10-4)33-21-34-49(35-22-39(6)43-26-13-8-2)38-25-42(52)46-29-16-11-5/h1-5,43H,6,12-38H2,(H,44,50)(H,45,51)(H,46,52). The summed E-state index contributed by atoms with van der Waals surface area (Å²) in [5, 5.41) is 11.9. The predicted molar refractivity (Wildman–Crippen MR) is 214 cm³/mol. The fourth-order valence-electron chi connectivity index (χ4n) is 5.32. The van der Waals surface area contributed by atoms with Gasteiger partial charge >= 0.3 is 0 Å². The highest BCUT2D eigenvalue weighted by molar-refractivity contribution is 5.76. The maximum atomic E-state index is 12.5. The number of nitrogens with one attached hydrogen (secondary N) is 4. The molecule has 0 rings (SSSR count). The Hall–Kier alpha value is -4.37. The van der Waals surface area contributed by atoms with Gasteiger partial charge in [-0.25, -0.2) is 0 Å². The number of carbonyl (C=O) groups is 3. The molecule has 52 heavy (non-hydrogen) atoms. The van der Waals surface area contributed by atoms with Gasteiger partial charge in [-0.2, -0.15) is 0 Å². The topological polar surface area (TPSA) is 109 Å². The molecule has 10 nitrogen and oxygen atoms in total. The molecule has 4 N–H and O–H groups in total. The molecule has 3 amide bonds. The Morgan fingerprint density at radius 2 is 0.712 bits per heavy atom. The zero-order valence-electron chi connectivity index (χ0n) is 31.8. The van der Waals surface area contributed by atoms with Gasteiger partial charge in [0.1, 0.15) is 0 Å². The fraction of sp³-hybridized carbons (Fsp3) is 0.643. The molecule has 0 fully saturated rings. The molecule has 0 aromatic rings. The van der Waals surface area contributed by atoms with Gasteiger partial charge in [-0.1, -0.05) is 6.58 Å². The summed E-state index contributed by atoms with van der Waals surface area (Å²) in [7, 11) is 0. The number of carbonyl (C=O) groups excluding carboxylic acids is 3. The van der Waals surface area contributed by atoms with Gasteiger partial charge in [0.2, 0.25) is 17.7 Å². The highest BCUT2D eigenvalue weighted by Crippen LogP contribution is 2.07. The van der Waals surface area contributed by atoms with Gasteiger partial charge in [-0.3, -0.25) is 14.4 Å². The molecule has 0 unspecified atom stereocenters. The van der Waals surface area contributed by atoms with E-state index in [0.29, 0.717) is 90.8 Å². The highest BCUT2D eigenvalue weighted by atomic mass is 16.2. The van der Waals surface area contributed by atoms with Crippen molar-refractivity contribution in [3.05, 3.63) is 12.3 Å². The fourth-order valence-corrected chi connectivity index (χ4v) is 5.32. The Morgan fingerprint density at radius 3 is 1.10 bits per heavy atom. The van der Waals surface area contributed by atoms with Gasteiger partial charge in [-0.15, -0.1) is 61.7 Å². The van der Waals surface area contributed by atoms with Crippen molar-refractivity contribution < 1.29 is 14.4 Å². The van der Waals surface area contributed by atoms with Gasteiger partial charge in [0.15, 0.2) is 0 Å². The van der Waals surface area contributed by atoms with Crippen LogP contribution in [0.25, 0.3) is 0 Å². The second-order valence-corrected chi connectivity index (χ2v) is 12.6. The first-order chi connectivity index (χ1) is 25.3. The summed E-state index contributed by atoms with van der Waals surface area (Å²) >= 11 is 0. The molecule has 0 saturated carbocycles. The van der Waals surface area contributed by atoms with Crippen LogP contribution in [0.2, 0.25) is 0 Å². The van der Waals surface area contributed by atoms with Crippen molar-refractivity contribution in [2.45, 2.75) is 89.9 Å². The van der Waals surface area contributed by atoms with Crippen molar-refractivity contribution in [1.29, 1.82) is 0 Å². The Balaban J connectivity index is 5.29. The molecule has 286 valence electrons. The zero-order chi connectivity index (χ0) is 38.5. The molecule has 0 aliphatic rings. The average molecular weight is 716 g/mol. The summed E-state index contributed by atoms with van der Waals surface area (Å²) in [4.78, 5) is 44.2. The number of unbranched alkanes of at least 4 members (excludes halogenated alkanes) is 3. The van der Waals surface area contributed by atoms with Crippen molar-refractivity contribution in [3.8, 4) is 61.7 Å². The van der Waals surface area contributed by atoms with Crippen molar-refractivity contribution in [3.63, 3.8) is 0 Å². The highest BCUT2D eigenvalue weighted by Gasteiger charge is 2.14. The van der Waals surface area contributed by atoms with E-state index in [0.717, 1.165) is 89.9 Å². The predicted octanol–water partition coefficient (Wildman–Crippen LogP) is 2.97. The number of rotatable bonds is 34. The molecular formula is C42H65N7O3. The minimum Gasteiger partial charge on any atom is -0.388 e. The number of terminal acetylenes is 5. The summed E-state index contributed by atoms with van der Waals surface area (Å²) < 4.78 is 0. The van der Waals surface area contributed by atoms with Crippen molar-refractivity contribution in [1.82, 2.24) is 36.0 Å². The molecule has 0 atom stereocenters. The molecule has 0 bridgehead atoms. The van der Waals surface area contributed by atoms with Crippen molar-refractivity contribution >= 4 is 17.7 Å². The molecule has 0 aliphatic carbocycles. The van der Waals surface area contributed by atoms with Crippen molar-refractivity contribution in [2.75, 3.05) is 85.1 Å². The molecular weight excluding hydrogens is 651 g/mol. The average Bonchev–Trinajstić information content (AvgIpc) is 3.13. The second-order valence-electron chi connectivity index (χ2n) is 12.6. The normalized spacial score (nSPS) is 10.4. The number of hydrogen-bond donors (Lipinski definition) is 4. The molecule has 0 heterocycles. The van der Waals surface area contributed by atoms with E-state index >= 15 is 0 Å². The Kier molecular flexibility index (Phi) is 32.1. The number of amides is 3. The quantitative estimate of drug-likeness (QED) is 0.0600. The van der Waals surface area contributed by atoms with Crippen LogP contribution in [-0.4, -0.2) is 118 Å². The summed E-state index contributed by atoms with van der Waals surface area (Å²) in [6.45, 7) is 13.2. The minimum absolute atomic E-state index is 0.00719. The molecule has 0 aromatic heterocycles. The van der Waals surface area contributed by atoms with E-state index in [1.54, 1.807) is 0 Å². The smallest absolute Gasteiger partial charge is 0.221 e. The Bertz CT molecular complexity index is 1180. The van der Waals surface area contributed by atoms with Crippen molar-refractivity contribution in [2.24, 2.45) is 0 Å². The van der Waals surface area contributed by atoms with Crippen LogP contribution in [0.1, 0.15) is 89.9 Å². The van der Waals surface area contributed by atoms with Gasteiger partial charge in [0.25, 0.3) is 0 Å². The first kappa shape index (κ1) is 47.6. The summed E-state index contributed by atoms with van der Waals surface area (Å²) in [5.41, 5.74) is 0.922. The third-order valence-electron chi connectivity index (χ3n) is 8.31. The molecule has 0 aliphatic heterocycles. The first-order valence-corrected chi connectivity index (χ1v) is 18.9. The van der Waals surface area contributed by atoms with Crippen LogP contribution in [0.5, 0.6) is 0 Å². The molecule has 0 aromatic carbocycles. The monoisotopic (exact) mass is 716 g/mol. The van der Waals surface area contributed by atoms with Crippen LogP contribution < -0.4 is 21.3 Å². The maximum absolute atomic E-state index is 12.5. The Labute approximate surface area is 316 Å². The van der Waals surface area contributed by atoms with E-state index in [2.05, 4.69) is 72.1 Å². The van der Waals surface area contributed by atoms with Crippen LogP contribution in [0.3, 0.4) is 0 Å². The van der Waals surface area contributed by atoms with Crippen LogP contribution in [-0.2, 0) is 14.4 Å². The number of nitrogens with zero attached hydrogens (tertiary/aromatic N) is 3. The lowest BCUT2D eigenvalue weighted by Gasteiger charge is -2.27. The van der Waals surface area contributed by atoms with Crippen LogP contribution in [0, 0.1) is 61.7 Å². The van der Waals surface area contributed by atoms with Crippen LogP contribution in [0.15, 0.2) is 12.3 Å². The first-order valence-electron chi connectivity index (χ1n) is 18.9. The van der Waals surface area contributed by atoms with E-state index in [1.165, 1.54) is 0 Å². The van der Waals surface area contributed by atoms with E-state index < -0.39 is 0 Å². The Morgan fingerprint density at radius 1 is 0.404 bits per heavy atom. The molecule has 0 saturated heterocycles. The lowest BCUT2D eigenvalue weighted by Crippen LogP contribution is -2.36. The van der Waals surface area contributed by atoms with Gasteiger partial charge in [0.05, 0.1) is 0 Å². The third-order valence-corrected chi connectivity index (χ3v) is 8.31. The summed E-state index contributed by atoms with van der Waals surface area (Å²) in [6.07, 6.45) is 36.4. The van der Waals surface area contributed by atoms with Gasteiger partial charge in [0, 0.05) is 109 Å². The van der Waals surface area contributed by atoms with Crippen LogP contribution in [0.4, 0.5) is 0 Å². The van der Waals surface area contributed by atoms with Gasteiger partial charge in [-0.05, 0) is 71.2 Å². The minimum atomic E-state index is -0.0155. The number of hydrogen-bond acceptors (Lipinski definition) is 7. The lowest BCUT2D eigenvalue weighted by atomic mass is 10.2. The second kappa shape index (κ2) is 35.1. The van der Waals surface area contributed by atoms with E-state index in [4.69, 9.17) is 32.1 Å².